The van der Waals surface area contributed by atoms with Crippen molar-refractivity contribution in [2.75, 3.05) is 26.2 Å². The summed E-state index contributed by atoms with van der Waals surface area (Å²) in [6.45, 7) is 5.51. The van der Waals surface area contributed by atoms with Gasteiger partial charge in [-0.2, -0.15) is 0 Å². The summed E-state index contributed by atoms with van der Waals surface area (Å²) in [5.74, 6) is -1.43. The van der Waals surface area contributed by atoms with Crippen molar-refractivity contribution in [2.24, 2.45) is 11.7 Å². The first-order valence-electron chi connectivity index (χ1n) is 6.48. The van der Waals surface area contributed by atoms with Crippen LogP contribution < -0.4 is 5.73 Å². The molecule has 1 rings (SSSR count). The van der Waals surface area contributed by atoms with Crippen molar-refractivity contribution in [1.82, 2.24) is 9.80 Å². The Morgan fingerprint density at radius 3 is 2.72 bits per heavy atom. The predicted octanol–water partition coefficient (Wildman–Crippen LogP) is 0.572. The van der Waals surface area contributed by atoms with Gasteiger partial charge in [0, 0.05) is 32.2 Å². The van der Waals surface area contributed by atoms with Crippen LogP contribution in [0.2, 0.25) is 0 Å². The van der Waals surface area contributed by atoms with E-state index < -0.39 is 11.9 Å². The first kappa shape index (κ1) is 14.8. The second-order valence-electron chi connectivity index (χ2n) is 4.91. The summed E-state index contributed by atoms with van der Waals surface area (Å²) in [4.78, 5) is 26.4. The van der Waals surface area contributed by atoms with Crippen molar-refractivity contribution >= 4 is 12.0 Å². The standard InChI is InChI=1S/C12H23N3O3/c1-3-14(7-9(2)11(16)17)12(18)15-6-4-5-10(13)8-15/h9-10H,3-8,13H2,1-2H3,(H,16,17). The number of likely N-dealkylation sites (tertiary alicyclic amines) is 1. The van der Waals surface area contributed by atoms with E-state index in [0.29, 0.717) is 19.6 Å². The fourth-order valence-corrected chi connectivity index (χ4v) is 2.13. The average molecular weight is 257 g/mol. The Labute approximate surface area is 108 Å². The molecular weight excluding hydrogens is 234 g/mol. The van der Waals surface area contributed by atoms with Gasteiger partial charge in [-0.15, -0.1) is 0 Å². The molecule has 0 saturated carbocycles. The highest BCUT2D eigenvalue weighted by Gasteiger charge is 2.26. The molecule has 3 N–H and O–H groups in total. The Morgan fingerprint density at radius 2 is 2.22 bits per heavy atom. The van der Waals surface area contributed by atoms with Crippen molar-refractivity contribution in [3.63, 3.8) is 0 Å². The maximum Gasteiger partial charge on any atom is 0.320 e. The van der Waals surface area contributed by atoms with Gasteiger partial charge >= 0.3 is 12.0 Å². The Morgan fingerprint density at radius 1 is 1.56 bits per heavy atom. The van der Waals surface area contributed by atoms with E-state index >= 15 is 0 Å². The third-order valence-corrected chi connectivity index (χ3v) is 3.30. The summed E-state index contributed by atoms with van der Waals surface area (Å²) in [5.41, 5.74) is 5.85. The van der Waals surface area contributed by atoms with E-state index in [2.05, 4.69) is 0 Å². The molecule has 0 radical (unpaired) electrons. The van der Waals surface area contributed by atoms with Gasteiger partial charge < -0.3 is 20.6 Å². The monoisotopic (exact) mass is 257 g/mol. The molecule has 6 nitrogen and oxygen atoms in total. The van der Waals surface area contributed by atoms with Gasteiger partial charge in [0.25, 0.3) is 0 Å². The minimum Gasteiger partial charge on any atom is -0.481 e. The van der Waals surface area contributed by atoms with Gasteiger partial charge in [-0.1, -0.05) is 6.92 Å². The number of rotatable bonds is 4. The minimum atomic E-state index is -0.878. The van der Waals surface area contributed by atoms with Crippen LogP contribution in [0.4, 0.5) is 4.79 Å². The lowest BCUT2D eigenvalue weighted by Crippen LogP contribution is -2.52. The van der Waals surface area contributed by atoms with Gasteiger partial charge in [-0.05, 0) is 19.8 Å². The van der Waals surface area contributed by atoms with Gasteiger partial charge in [-0.3, -0.25) is 4.79 Å². The predicted molar refractivity (Wildman–Crippen MR) is 68.2 cm³/mol. The topological polar surface area (TPSA) is 86.9 Å². The van der Waals surface area contributed by atoms with E-state index in [1.165, 1.54) is 0 Å². The minimum absolute atomic E-state index is 0.0401. The molecule has 1 saturated heterocycles. The smallest absolute Gasteiger partial charge is 0.320 e. The lowest BCUT2D eigenvalue weighted by Gasteiger charge is -2.35. The van der Waals surface area contributed by atoms with Crippen LogP contribution in [0.3, 0.4) is 0 Å². The van der Waals surface area contributed by atoms with Gasteiger partial charge in [-0.25, -0.2) is 4.79 Å². The number of piperidine rings is 1. The molecule has 1 aliphatic rings. The molecule has 0 aromatic carbocycles. The summed E-state index contributed by atoms with van der Waals surface area (Å²) in [6.07, 6.45) is 1.86. The van der Waals surface area contributed by atoms with E-state index in [0.717, 1.165) is 12.8 Å². The second kappa shape index (κ2) is 6.58. The molecule has 104 valence electrons. The molecule has 0 bridgehead atoms. The third-order valence-electron chi connectivity index (χ3n) is 3.30. The van der Waals surface area contributed by atoms with Crippen LogP contribution in [0, 0.1) is 5.92 Å². The number of aliphatic carboxylic acids is 1. The van der Waals surface area contributed by atoms with E-state index in [-0.39, 0.29) is 18.6 Å². The van der Waals surface area contributed by atoms with Crippen molar-refractivity contribution in [1.29, 1.82) is 0 Å². The zero-order valence-corrected chi connectivity index (χ0v) is 11.1. The van der Waals surface area contributed by atoms with E-state index in [1.807, 2.05) is 6.92 Å². The number of carboxylic acid groups (broad SMARTS) is 1. The molecule has 6 heteroatoms. The maximum absolute atomic E-state index is 12.2. The molecule has 1 aliphatic heterocycles. The molecule has 2 amide bonds. The zero-order chi connectivity index (χ0) is 13.7. The first-order chi connectivity index (χ1) is 8.45. The van der Waals surface area contributed by atoms with Crippen LogP contribution >= 0.6 is 0 Å². The van der Waals surface area contributed by atoms with Crippen LogP contribution in [0.5, 0.6) is 0 Å². The van der Waals surface area contributed by atoms with E-state index in [4.69, 9.17) is 10.8 Å². The Hall–Kier alpha value is -1.30. The lowest BCUT2D eigenvalue weighted by molar-refractivity contribution is -0.141. The van der Waals surface area contributed by atoms with Crippen LogP contribution in [-0.2, 0) is 4.79 Å². The maximum atomic E-state index is 12.2. The van der Waals surface area contributed by atoms with Gasteiger partial charge in [0.1, 0.15) is 0 Å². The third kappa shape index (κ3) is 3.87. The molecule has 2 atom stereocenters. The number of hydrogen-bond acceptors (Lipinski definition) is 3. The summed E-state index contributed by atoms with van der Waals surface area (Å²) >= 11 is 0. The number of nitrogens with zero attached hydrogens (tertiary/aromatic N) is 2. The molecule has 2 unspecified atom stereocenters. The van der Waals surface area contributed by atoms with Crippen LogP contribution in [0.15, 0.2) is 0 Å². The van der Waals surface area contributed by atoms with Gasteiger partial charge in [0.15, 0.2) is 0 Å². The van der Waals surface area contributed by atoms with Crippen molar-refractivity contribution in [2.45, 2.75) is 32.7 Å². The lowest BCUT2D eigenvalue weighted by atomic mass is 10.1. The molecular formula is C12H23N3O3. The van der Waals surface area contributed by atoms with E-state index in [9.17, 15) is 9.59 Å². The quantitative estimate of drug-likeness (QED) is 0.771. The van der Waals surface area contributed by atoms with Crippen LogP contribution in [-0.4, -0.2) is 59.1 Å². The number of amides is 2. The average Bonchev–Trinajstić information content (AvgIpc) is 2.34. The zero-order valence-electron chi connectivity index (χ0n) is 11.1. The summed E-state index contributed by atoms with van der Waals surface area (Å²) in [5, 5.41) is 8.89. The fourth-order valence-electron chi connectivity index (χ4n) is 2.13. The first-order valence-corrected chi connectivity index (χ1v) is 6.48. The van der Waals surface area contributed by atoms with Crippen LogP contribution in [0.1, 0.15) is 26.7 Å². The summed E-state index contributed by atoms with van der Waals surface area (Å²) in [7, 11) is 0. The molecule has 1 heterocycles. The van der Waals surface area contributed by atoms with Gasteiger partial charge in [0.2, 0.25) is 0 Å². The van der Waals surface area contributed by atoms with Crippen molar-refractivity contribution < 1.29 is 14.7 Å². The largest absolute Gasteiger partial charge is 0.481 e. The normalized spacial score (nSPS) is 21.5. The van der Waals surface area contributed by atoms with E-state index in [1.54, 1.807) is 16.7 Å². The summed E-state index contributed by atoms with van der Waals surface area (Å²) in [6, 6.07) is -0.0564. The number of carbonyl (C=O) groups excluding carboxylic acids is 1. The molecule has 1 fully saturated rings. The highest BCUT2D eigenvalue weighted by Crippen LogP contribution is 2.12. The van der Waals surface area contributed by atoms with Gasteiger partial charge in [0.05, 0.1) is 5.92 Å². The highest BCUT2D eigenvalue weighted by atomic mass is 16.4. The SMILES string of the molecule is CCN(CC(C)C(=O)O)C(=O)N1CCCC(N)C1. The molecule has 18 heavy (non-hydrogen) atoms. The number of carbonyl (C=O) groups is 2. The molecule has 0 spiro atoms. The number of nitrogens with two attached hydrogens (primary N) is 1. The molecule has 0 aromatic rings. The Balaban J connectivity index is 2.58. The molecule has 0 aromatic heterocycles. The fraction of sp³-hybridized carbons (Fsp3) is 0.833. The number of hydrogen-bond donors (Lipinski definition) is 2. The number of carboxylic acids is 1. The Bertz CT molecular complexity index is 309. The van der Waals surface area contributed by atoms with Crippen molar-refractivity contribution in [3.8, 4) is 0 Å². The summed E-state index contributed by atoms with van der Waals surface area (Å²) < 4.78 is 0. The highest BCUT2D eigenvalue weighted by molar-refractivity contribution is 5.76. The van der Waals surface area contributed by atoms with Crippen LogP contribution in [0.25, 0.3) is 0 Å². The Kier molecular flexibility index (Phi) is 5.40. The van der Waals surface area contributed by atoms with Crippen molar-refractivity contribution in [3.05, 3.63) is 0 Å². The molecule has 0 aliphatic carbocycles. The number of urea groups is 1. The second-order valence-corrected chi connectivity index (χ2v) is 4.91.